The summed E-state index contributed by atoms with van der Waals surface area (Å²) in [7, 11) is 0. The van der Waals surface area contributed by atoms with Crippen molar-refractivity contribution in [3.05, 3.63) is 42.6 Å². The number of halogens is 1. The second-order valence-electron chi connectivity index (χ2n) is 5.83. The van der Waals surface area contributed by atoms with Crippen molar-refractivity contribution >= 4 is 5.65 Å². The molecule has 1 aliphatic heterocycles. The number of imidazole rings is 1. The van der Waals surface area contributed by atoms with E-state index in [0.717, 1.165) is 19.6 Å². The standard InChI is InChI=1S/C17H18FN5O/c18-13-3-4-15-20-11-14(23(15)12-13)17-19-6-5-16(21-17)24-10-9-22-7-1-2-8-22/h3-6,11-12H,1-2,7-10H2. The van der Waals surface area contributed by atoms with E-state index in [2.05, 4.69) is 19.9 Å². The molecule has 1 aliphatic rings. The van der Waals surface area contributed by atoms with E-state index in [9.17, 15) is 4.39 Å². The molecule has 3 aromatic rings. The third-order valence-electron chi connectivity index (χ3n) is 4.18. The van der Waals surface area contributed by atoms with Gasteiger partial charge in [0.05, 0.1) is 6.20 Å². The number of rotatable bonds is 5. The lowest BCUT2D eigenvalue weighted by atomic mass is 10.4. The molecule has 0 atom stereocenters. The molecule has 1 saturated heterocycles. The van der Waals surface area contributed by atoms with Gasteiger partial charge in [-0.2, -0.15) is 4.98 Å². The van der Waals surface area contributed by atoms with Gasteiger partial charge in [-0.15, -0.1) is 0 Å². The largest absolute Gasteiger partial charge is 0.476 e. The molecule has 4 rings (SSSR count). The number of aromatic nitrogens is 4. The van der Waals surface area contributed by atoms with Gasteiger partial charge in [-0.25, -0.2) is 14.4 Å². The van der Waals surface area contributed by atoms with Gasteiger partial charge in [-0.05, 0) is 38.1 Å². The van der Waals surface area contributed by atoms with Gasteiger partial charge in [0.25, 0.3) is 0 Å². The van der Waals surface area contributed by atoms with Gasteiger partial charge in [-0.1, -0.05) is 0 Å². The minimum atomic E-state index is -0.334. The van der Waals surface area contributed by atoms with Crippen molar-refractivity contribution in [2.24, 2.45) is 0 Å². The van der Waals surface area contributed by atoms with Crippen molar-refractivity contribution in [3.8, 4) is 17.4 Å². The number of hydrogen-bond acceptors (Lipinski definition) is 5. The zero-order chi connectivity index (χ0) is 16.4. The molecule has 6 nitrogen and oxygen atoms in total. The normalized spacial score (nSPS) is 15.2. The van der Waals surface area contributed by atoms with E-state index in [1.807, 2.05) is 0 Å². The highest BCUT2D eigenvalue weighted by Gasteiger charge is 2.12. The Kier molecular flexibility index (Phi) is 4.08. The van der Waals surface area contributed by atoms with Crippen LogP contribution in [0.2, 0.25) is 0 Å². The van der Waals surface area contributed by atoms with Crippen molar-refractivity contribution in [3.63, 3.8) is 0 Å². The smallest absolute Gasteiger partial charge is 0.216 e. The van der Waals surface area contributed by atoms with E-state index >= 15 is 0 Å². The van der Waals surface area contributed by atoms with Crippen LogP contribution in [0.15, 0.2) is 36.8 Å². The Balaban J connectivity index is 1.52. The summed E-state index contributed by atoms with van der Waals surface area (Å²) in [5.74, 6) is 0.650. The predicted octanol–water partition coefficient (Wildman–Crippen LogP) is 2.41. The molecule has 24 heavy (non-hydrogen) atoms. The van der Waals surface area contributed by atoms with Crippen molar-refractivity contribution in [1.82, 2.24) is 24.3 Å². The number of likely N-dealkylation sites (tertiary alicyclic amines) is 1. The molecule has 0 aromatic carbocycles. The molecule has 3 aromatic heterocycles. The van der Waals surface area contributed by atoms with Crippen molar-refractivity contribution in [2.45, 2.75) is 12.8 Å². The van der Waals surface area contributed by atoms with Crippen LogP contribution < -0.4 is 4.74 Å². The number of hydrogen-bond donors (Lipinski definition) is 0. The van der Waals surface area contributed by atoms with Crippen LogP contribution >= 0.6 is 0 Å². The Morgan fingerprint density at radius 3 is 2.88 bits per heavy atom. The number of fused-ring (bicyclic) bond motifs is 1. The monoisotopic (exact) mass is 327 g/mol. The fraction of sp³-hybridized carbons (Fsp3) is 0.353. The summed E-state index contributed by atoms with van der Waals surface area (Å²) < 4.78 is 20.9. The number of ether oxygens (including phenoxy) is 1. The lowest BCUT2D eigenvalue weighted by Crippen LogP contribution is -2.25. The lowest BCUT2D eigenvalue weighted by Gasteiger charge is -2.14. The summed E-state index contributed by atoms with van der Waals surface area (Å²) in [6.45, 7) is 3.79. The second kappa shape index (κ2) is 6.52. The lowest BCUT2D eigenvalue weighted by molar-refractivity contribution is 0.232. The van der Waals surface area contributed by atoms with Gasteiger partial charge in [-0.3, -0.25) is 9.30 Å². The highest BCUT2D eigenvalue weighted by Crippen LogP contribution is 2.19. The Hall–Kier alpha value is -2.54. The predicted molar refractivity (Wildman–Crippen MR) is 87.3 cm³/mol. The first-order valence-corrected chi connectivity index (χ1v) is 8.11. The second-order valence-corrected chi connectivity index (χ2v) is 5.83. The molecule has 7 heteroatoms. The van der Waals surface area contributed by atoms with E-state index < -0.39 is 0 Å². The fourth-order valence-corrected chi connectivity index (χ4v) is 2.95. The summed E-state index contributed by atoms with van der Waals surface area (Å²) in [5.41, 5.74) is 1.28. The third-order valence-corrected chi connectivity index (χ3v) is 4.18. The molecular formula is C17H18FN5O. The maximum Gasteiger partial charge on any atom is 0.216 e. The molecular weight excluding hydrogens is 309 g/mol. The fourth-order valence-electron chi connectivity index (χ4n) is 2.95. The summed E-state index contributed by atoms with van der Waals surface area (Å²) in [6.07, 6.45) is 7.19. The SMILES string of the molecule is Fc1ccc2ncc(-c3nccc(OCCN4CCCC4)n3)n2c1. The Bertz CT molecular complexity index is 844. The van der Waals surface area contributed by atoms with Gasteiger partial charge in [0.1, 0.15) is 23.8 Å². The van der Waals surface area contributed by atoms with E-state index in [-0.39, 0.29) is 5.82 Å². The Morgan fingerprint density at radius 1 is 1.12 bits per heavy atom. The molecule has 1 fully saturated rings. The zero-order valence-electron chi connectivity index (χ0n) is 13.2. The number of pyridine rings is 1. The number of nitrogens with zero attached hydrogens (tertiary/aromatic N) is 5. The van der Waals surface area contributed by atoms with Crippen molar-refractivity contribution < 1.29 is 9.13 Å². The van der Waals surface area contributed by atoms with Crippen LogP contribution in [0.1, 0.15) is 12.8 Å². The van der Waals surface area contributed by atoms with Crippen LogP contribution in [0, 0.1) is 5.82 Å². The quantitative estimate of drug-likeness (QED) is 0.720. The van der Waals surface area contributed by atoms with E-state index in [0.29, 0.717) is 29.7 Å². The van der Waals surface area contributed by atoms with Gasteiger partial charge in [0, 0.05) is 25.0 Å². The van der Waals surface area contributed by atoms with E-state index in [1.165, 1.54) is 25.1 Å². The minimum Gasteiger partial charge on any atom is -0.476 e. The summed E-state index contributed by atoms with van der Waals surface area (Å²) in [6, 6.07) is 4.73. The highest BCUT2D eigenvalue weighted by molar-refractivity contribution is 5.57. The van der Waals surface area contributed by atoms with Gasteiger partial charge in [0.2, 0.25) is 5.88 Å². The molecule has 0 aliphatic carbocycles. The highest BCUT2D eigenvalue weighted by atomic mass is 19.1. The van der Waals surface area contributed by atoms with Crippen molar-refractivity contribution in [2.75, 3.05) is 26.2 Å². The van der Waals surface area contributed by atoms with Crippen LogP contribution in [0.25, 0.3) is 17.2 Å². The van der Waals surface area contributed by atoms with Gasteiger partial charge < -0.3 is 4.74 Å². The maximum atomic E-state index is 13.5. The molecule has 0 spiro atoms. The summed E-state index contributed by atoms with van der Waals surface area (Å²) >= 11 is 0. The molecule has 0 saturated carbocycles. The molecule has 4 heterocycles. The van der Waals surface area contributed by atoms with Crippen LogP contribution in [-0.2, 0) is 0 Å². The van der Waals surface area contributed by atoms with Gasteiger partial charge in [0.15, 0.2) is 5.82 Å². The van der Waals surface area contributed by atoms with E-state index in [4.69, 9.17) is 4.74 Å². The third kappa shape index (κ3) is 3.07. The van der Waals surface area contributed by atoms with Crippen LogP contribution in [-0.4, -0.2) is 50.5 Å². The maximum absolute atomic E-state index is 13.5. The summed E-state index contributed by atoms with van der Waals surface area (Å²) in [5, 5.41) is 0. The van der Waals surface area contributed by atoms with Crippen LogP contribution in [0.3, 0.4) is 0 Å². The first-order valence-electron chi connectivity index (χ1n) is 8.11. The molecule has 124 valence electrons. The molecule has 0 unspecified atom stereocenters. The zero-order valence-corrected chi connectivity index (χ0v) is 13.2. The first kappa shape index (κ1) is 15.0. The topological polar surface area (TPSA) is 55.6 Å². The van der Waals surface area contributed by atoms with Crippen LogP contribution in [0.5, 0.6) is 5.88 Å². The summed E-state index contributed by atoms with van der Waals surface area (Å²) in [4.78, 5) is 15.3. The molecule has 0 N–H and O–H groups in total. The van der Waals surface area contributed by atoms with Crippen LogP contribution in [0.4, 0.5) is 4.39 Å². The Morgan fingerprint density at radius 2 is 2.00 bits per heavy atom. The average molecular weight is 327 g/mol. The average Bonchev–Trinajstić information content (AvgIpc) is 3.24. The first-order chi connectivity index (χ1) is 11.8. The molecule has 0 bridgehead atoms. The van der Waals surface area contributed by atoms with E-state index in [1.54, 1.807) is 28.9 Å². The Labute approximate surface area is 138 Å². The van der Waals surface area contributed by atoms with Crippen molar-refractivity contribution in [1.29, 1.82) is 0 Å². The molecule has 0 radical (unpaired) electrons. The minimum absolute atomic E-state index is 0.334. The van der Waals surface area contributed by atoms with Gasteiger partial charge >= 0.3 is 0 Å². The molecule has 0 amide bonds.